The van der Waals surface area contributed by atoms with Gasteiger partial charge in [-0.05, 0) is 30.2 Å². The monoisotopic (exact) mass is 337 g/mol. The number of ether oxygens (including phenoxy) is 1. The van der Waals surface area contributed by atoms with Crippen molar-refractivity contribution >= 4 is 27.3 Å². The second kappa shape index (κ2) is 6.18. The lowest BCUT2D eigenvalue weighted by atomic mass is 10.2. The molecule has 0 unspecified atom stereocenters. The number of nitrogens with zero attached hydrogens (tertiary/aromatic N) is 1. The summed E-state index contributed by atoms with van der Waals surface area (Å²) in [4.78, 5) is 0. The van der Waals surface area contributed by atoms with Gasteiger partial charge in [0, 0.05) is 5.02 Å². The number of benzene rings is 2. The summed E-state index contributed by atoms with van der Waals surface area (Å²) in [6.45, 7) is 0.656. The van der Waals surface area contributed by atoms with Crippen LogP contribution in [0, 0.1) is 0 Å². The fraction of sp³-hybridized carbons (Fsp3) is 0.250. The van der Waals surface area contributed by atoms with Crippen LogP contribution in [0.4, 0.5) is 5.69 Å². The Bertz CT molecular complexity index is 762. The molecule has 3 rings (SSSR count). The number of fused-ring (bicyclic) bond motifs is 1. The van der Waals surface area contributed by atoms with Crippen LogP contribution >= 0.6 is 11.6 Å². The van der Waals surface area contributed by atoms with Gasteiger partial charge in [-0.3, -0.25) is 4.31 Å². The van der Waals surface area contributed by atoms with Crippen molar-refractivity contribution < 1.29 is 13.2 Å². The van der Waals surface area contributed by atoms with E-state index in [9.17, 15) is 8.42 Å². The Morgan fingerprint density at radius 3 is 2.68 bits per heavy atom. The molecule has 0 aliphatic carbocycles. The Morgan fingerprint density at radius 1 is 1.14 bits per heavy atom. The first-order valence-electron chi connectivity index (χ1n) is 7.03. The number of aryl methyl sites for hydroxylation is 1. The maximum Gasteiger partial charge on any atom is 0.235 e. The smallest absolute Gasteiger partial charge is 0.235 e. The van der Waals surface area contributed by atoms with Crippen LogP contribution in [-0.4, -0.2) is 27.3 Å². The lowest BCUT2D eigenvalue weighted by Gasteiger charge is -2.30. The van der Waals surface area contributed by atoms with Crippen molar-refractivity contribution in [3.63, 3.8) is 0 Å². The molecule has 0 atom stereocenters. The molecule has 0 aromatic heterocycles. The molecule has 1 aliphatic rings. The maximum absolute atomic E-state index is 12.7. The van der Waals surface area contributed by atoms with Gasteiger partial charge in [-0.1, -0.05) is 41.9 Å². The molecular formula is C16H16ClNO3S. The highest BCUT2D eigenvalue weighted by molar-refractivity contribution is 7.92. The van der Waals surface area contributed by atoms with Crippen LogP contribution in [0.2, 0.25) is 5.02 Å². The molecule has 0 bridgehead atoms. The SMILES string of the molecule is O=S(=O)(CCc1ccccc1)N1CCOc2ccc(Cl)cc21. The molecule has 1 heterocycles. The molecule has 4 nitrogen and oxygen atoms in total. The summed E-state index contributed by atoms with van der Waals surface area (Å²) < 4.78 is 32.2. The fourth-order valence-corrected chi connectivity index (χ4v) is 4.13. The molecular weight excluding hydrogens is 322 g/mol. The zero-order valence-electron chi connectivity index (χ0n) is 11.9. The van der Waals surface area contributed by atoms with Crippen molar-refractivity contribution in [2.45, 2.75) is 6.42 Å². The van der Waals surface area contributed by atoms with Gasteiger partial charge in [-0.25, -0.2) is 8.42 Å². The molecule has 22 heavy (non-hydrogen) atoms. The number of rotatable bonds is 4. The molecule has 1 aliphatic heterocycles. The van der Waals surface area contributed by atoms with Crippen molar-refractivity contribution in [3.8, 4) is 5.75 Å². The number of sulfonamides is 1. The second-order valence-electron chi connectivity index (χ2n) is 5.08. The van der Waals surface area contributed by atoms with Gasteiger partial charge < -0.3 is 4.74 Å². The number of halogens is 1. The third-order valence-corrected chi connectivity index (χ3v) is 5.57. The third-order valence-electron chi connectivity index (χ3n) is 3.57. The summed E-state index contributed by atoms with van der Waals surface area (Å²) in [7, 11) is -3.42. The van der Waals surface area contributed by atoms with Gasteiger partial charge in [0.2, 0.25) is 10.0 Å². The Labute approximate surface area is 135 Å². The Kier molecular flexibility index (Phi) is 4.27. The predicted molar refractivity (Wildman–Crippen MR) is 88.2 cm³/mol. The average molecular weight is 338 g/mol. The normalized spacial score (nSPS) is 14.3. The van der Waals surface area contributed by atoms with Gasteiger partial charge in [0.25, 0.3) is 0 Å². The van der Waals surface area contributed by atoms with E-state index in [-0.39, 0.29) is 5.75 Å². The highest BCUT2D eigenvalue weighted by atomic mass is 35.5. The van der Waals surface area contributed by atoms with E-state index in [0.29, 0.717) is 36.0 Å². The van der Waals surface area contributed by atoms with E-state index in [2.05, 4.69) is 0 Å². The molecule has 6 heteroatoms. The van der Waals surface area contributed by atoms with E-state index in [1.165, 1.54) is 4.31 Å². The molecule has 0 fully saturated rings. The zero-order valence-corrected chi connectivity index (χ0v) is 13.5. The first-order valence-corrected chi connectivity index (χ1v) is 9.02. The summed E-state index contributed by atoms with van der Waals surface area (Å²) >= 11 is 5.99. The number of hydrogen-bond acceptors (Lipinski definition) is 3. The van der Waals surface area contributed by atoms with Crippen LogP contribution in [0.3, 0.4) is 0 Å². The van der Waals surface area contributed by atoms with Crippen molar-refractivity contribution in [2.24, 2.45) is 0 Å². The summed E-state index contributed by atoms with van der Waals surface area (Å²) in [5.41, 5.74) is 1.53. The maximum atomic E-state index is 12.7. The number of anilines is 1. The predicted octanol–water partition coefficient (Wildman–Crippen LogP) is 3.11. The van der Waals surface area contributed by atoms with Crippen molar-refractivity contribution in [1.29, 1.82) is 0 Å². The van der Waals surface area contributed by atoms with E-state index in [1.807, 2.05) is 30.3 Å². The van der Waals surface area contributed by atoms with Gasteiger partial charge in [0.1, 0.15) is 12.4 Å². The van der Waals surface area contributed by atoms with Gasteiger partial charge >= 0.3 is 0 Å². The largest absolute Gasteiger partial charge is 0.489 e. The summed E-state index contributed by atoms with van der Waals surface area (Å²) in [6.07, 6.45) is 0.483. The quantitative estimate of drug-likeness (QED) is 0.861. The lowest BCUT2D eigenvalue weighted by molar-refractivity contribution is 0.316. The topological polar surface area (TPSA) is 46.6 Å². The summed E-state index contributed by atoms with van der Waals surface area (Å²) in [6, 6.07) is 14.6. The Balaban J connectivity index is 1.83. The van der Waals surface area contributed by atoms with Crippen LogP contribution in [0.1, 0.15) is 5.56 Å². The highest BCUT2D eigenvalue weighted by Crippen LogP contribution is 2.35. The summed E-state index contributed by atoms with van der Waals surface area (Å²) in [5.74, 6) is 0.613. The summed E-state index contributed by atoms with van der Waals surface area (Å²) in [5, 5.41) is 0.493. The van der Waals surface area contributed by atoms with E-state index >= 15 is 0 Å². The Morgan fingerprint density at radius 2 is 1.91 bits per heavy atom. The zero-order chi connectivity index (χ0) is 15.6. The van der Waals surface area contributed by atoms with Crippen LogP contribution < -0.4 is 9.04 Å². The molecule has 0 saturated heterocycles. The van der Waals surface area contributed by atoms with Gasteiger partial charge in [0.15, 0.2) is 0 Å². The van der Waals surface area contributed by atoms with Gasteiger partial charge in [-0.2, -0.15) is 0 Å². The Hall–Kier alpha value is -1.72. The molecule has 0 radical (unpaired) electrons. The van der Waals surface area contributed by atoms with E-state index < -0.39 is 10.0 Å². The minimum Gasteiger partial charge on any atom is -0.489 e. The molecule has 116 valence electrons. The molecule has 0 saturated carbocycles. The van der Waals surface area contributed by atoms with E-state index in [1.54, 1.807) is 18.2 Å². The molecule has 2 aromatic rings. The van der Waals surface area contributed by atoms with Crippen LogP contribution in [-0.2, 0) is 16.4 Å². The molecule has 0 amide bonds. The minimum atomic E-state index is -3.42. The van der Waals surface area contributed by atoms with Crippen molar-refractivity contribution in [2.75, 3.05) is 23.2 Å². The van der Waals surface area contributed by atoms with E-state index in [4.69, 9.17) is 16.3 Å². The van der Waals surface area contributed by atoms with Gasteiger partial charge in [0.05, 0.1) is 18.0 Å². The molecule has 0 N–H and O–H groups in total. The molecule has 2 aromatic carbocycles. The second-order valence-corrected chi connectivity index (χ2v) is 7.53. The van der Waals surface area contributed by atoms with Crippen molar-refractivity contribution in [1.82, 2.24) is 0 Å². The first kappa shape index (κ1) is 15.2. The third kappa shape index (κ3) is 3.20. The van der Waals surface area contributed by atoms with E-state index in [0.717, 1.165) is 5.56 Å². The van der Waals surface area contributed by atoms with Crippen molar-refractivity contribution in [3.05, 3.63) is 59.1 Å². The van der Waals surface area contributed by atoms with Crippen LogP contribution in [0.15, 0.2) is 48.5 Å². The lowest BCUT2D eigenvalue weighted by Crippen LogP contribution is -2.39. The van der Waals surface area contributed by atoms with Crippen LogP contribution in [0.5, 0.6) is 5.75 Å². The number of hydrogen-bond donors (Lipinski definition) is 0. The first-order chi connectivity index (χ1) is 10.6. The fourth-order valence-electron chi connectivity index (χ4n) is 2.46. The van der Waals surface area contributed by atoms with Gasteiger partial charge in [-0.15, -0.1) is 0 Å². The molecule has 0 spiro atoms. The van der Waals surface area contributed by atoms with Crippen LogP contribution in [0.25, 0.3) is 0 Å². The average Bonchev–Trinajstić information content (AvgIpc) is 2.53. The standard InChI is InChI=1S/C16H16ClNO3S/c17-14-6-7-16-15(12-14)18(9-10-21-16)22(19,20)11-8-13-4-2-1-3-5-13/h1-7,12H,8-11H2. The highest BCUT2D eigenvalue weighted by Gasteiger charge is 2.28. The minimum absolute atomic E-state index is 0.0585.